The molecule has 1 aliphatic carbocycles. The minimum Gasteiger partial charge on any atom is -0.497 e. The van der Waals surface area contributed by atoms with Gasteiger partial charge in [-0.1, -0.05) is 23.7 Å². The van der Waals surface area contributed by atoms with Gasteiger partial charge in [0.1, 0.15) is 11.8 Å². The number of nitriles is 2. The molecule has 2 fully saturated rings. The summed E-state index contributed by atoms with van der Waals surface area (Å²) in [6.07, 6.45) is 1.69. The number of anilines is 4. The molecule has 2 aliphatic rings. The zero-order valence-electron chi connectivity index (χ0n) is 25.1. The maximum Gasteiger partial charge on any atom is 0.407 e. The molecule has 15 heteroatoms. The van der Waals surface area contributed by atoms with Gasteiger partial charge in [0, 0.05) is 32.7 Å². The number of likely N-dealkylation sites (N-methyl/N-ethyl adjacent to an activating group) is 1. The number of benzene rings is 2. The maximum atomic E-state index is 11.5. The zero-order chi connectivity index (χ0) is 32.5. The fraction of sp³-hybridized carbons (Fsp3) is 0.355. The van der Waals surface area contributed by atoms with E-state index in [4.69, 9.17) is 21.3 Å². The van der Waals surface area contributed by atoms with Crippen LogP contribution in [0.3, 0.4) is 0 Å². The molecule has 0 unspecified atom stereocenters. The number of carboxylic acid groups (broad SMARTS) is 1. The molecule has 1 aliphatic heterocycles. The third-order valence-corrected chi connectivity index (χ3v) is 8.74. The molecular weight excluding hydrogens is 612 g/mol. The van der Waals surface area contributed by atoms with E-state index in [9.17, 15) is 25.5 Å². The molecule has 3 N–H and O–H groups in total. The molecule has 0 bridgehead atoms. The molecule has 6 rings (SSSR count). The van der Waals surface area contributed by atoms with Crippen molar-refractivity contribution in [1.82, 2.24) is 24.5 Å². The molecule has 0 spiro atoms. The van der Waals surface area contributed by atoms with E-state index in [2.05, 4.69) is 32.4 Å². The summed E-state index contributed by atoms with van der Waals surface area (Å²) in [6, 6.07) is 14.9. The predicted molar refractivity (Wildman–Crippen MR) is 170 cm³/mol. The van der Waals surface area contributed by atoms with Crippen LogP contribution < -0.4 is 19.9 Å². The van der Waals surface area contributed by atoms with Crippen molar-refractivity contribution in [2.45, 2.75) is 44.0 Å². The molecule has 236 valence electrons. The van der Waals surface area contributed by atoms with Gasteiger partial charge in [-0.05, 0) is 49.1 Å². The van der Waals surface area contributed by atoms with Gasteiger partial charge in [0.05, 0.1) is 53.5 Å². The number of methoxy groups -OCH3 is 1. The van der Waals surface area contributed by atoms with Crippen LogP contribution >= 0.6 is 11.6 Å². The molecule has 46 heavy (non-hydrogen) atoms. The zero-order valence-corrected chi connectivity index (χ0v) is 25.9. The SMILES string of the molecule is COc1ccc(CN(c2nc(Nc3cc(C#N)cc(N4CC[C@@H](N(C)C(=O)O)[C@H](O)C4)c3Cl)nn3c(C#N)cnc23)C2CC2)cc1. The van der Waals surface area contributed by atoms with Crippen LogP contribution in [0.4, 0.5) is 27.9 Å². The number of ether oxygens (including phenoxy) is 1. The third-order valence-electron chi connectivity index (χ3n) is 8.35. The van der Waals surface area contributed by atoms with E-state index in [1.54, 1.807) is 19.2 Å². The number of carbonyl (C=O) groups is 1. The Hall–Kier alpha value is -5.31. The Labute approximate surface area is 269 Å². The molecule has 2 aromatic carbocycles. The van der Waals surface area contributed by atoms with Crippen LogP contribution in [-0.4, -0.2) is 86.2 Å². The van der Waals surface area contributed by atoms with Gasteiger partial charge in [0.25, 0.3) is 0 Å². The van der Waals surface area contributed by atoms with E-state index < -0.39 is 18.2 Å². The Morgan fingerprint density at radius 1 is 1.20 bits per heavy atom. The summed E-state index contributed by atoms with van der Waals surface area (Å²) in [7, 11) is 3.05. The number of amides is 1. The molecule has 14 nitrogen and oxygen atoms in total. The first-order valence-corrected chi connectivity index (χ1v) is 15.0. The second-order valence-electron chi connectivity index (χ2n) is 11.3. The molecule has 2 aromatic heterocycles. The van der Waals surface area contributed by atoms with Crippen LogP contribution in [0.25, 0.3) is 5.65 Å². The number of hydrogen-bond donors (Lipinski definition) is 3. The summed E-state index contributed by atoms with van der Waals surface area (Å²) in [5, 5.41) is 47.8. The van der Waals surface area contributed by atoms with Crippen LogP contribution in [-0.2, 0) is 6.54 Å². The minimum absolute atomic E-state index is 0.116. The number of imidazole rings is 1. The number of aliphatic hydroxyl groups excluding tert-OH is 1. The number of piperidine rings is 1. The van der Waals surface area contributed by atoms with Gasteiger partial charge < -0.3 is 35.0 Å². The van der Waals surface area contributed by atoms with Crippen molar-refractivity contribution in [3.8, 4) is 17.9 Å². The van der Waals surface area contributed by atoms with Crippen molar-refractivity contribution in [1.29, 1.82) is 10.5 Å². The van der Waals surface area contributed by atoms with E-state index in [0.717, 1.165) is 29.1 Å². The second-order valence-corrected chi connectivity index (χ2v) is 11.7. The Morgan fingerprint density at radius 2 is 1.96 bits per heavy atom. The number of aromatic nitrogens is 4. The second kappa shape index (κ2) is 12.6. The van der Waals surface area contributed by atoms with Gasteiger partial charge in [-0.2, -0.15) is 20.0 Å². The number of halogens is 1. The summed E-state index contributed by atoms with van der Waals surface area (Å²) in [6.45, 7) is 1.06. The fourth-order valence-corrected chi connectivity index (χ4v) is 6.00. The first-order chi connectivity index (χ1) is 22.2. The maximum absolute atomic E-state index is 11.5. The predicted octanol–water partition coefficient (Wildman–Crippen LogP) is 3.99. The molecule has 2 atom stereocenters. The van der Waals surface area contributed by atoms with Crippen LogP contribution in [0.2, 0.25) is 5.02 Å². The van der Waals surface area contributed by atoms with Crippen molar-refractivity contribution in [2.24, 2.45) is 0 Å². The van der Waals surface area contributed by atoms with Gasteiger partial charge >= 0.3 is 6.09 Å². The highest BCUT2D eigenvalue weighted by atomic mass is 35.5. The average molecular weight is 643 g/mol. The van der Waals surface area contributed by atoms with Crippen LogP contribution in [0.15, 0.2) is 42.6 Å². The average Bonchev–Trinajstić information content (AvgIpc) is 3.82. The lowest BCUT2D eigenvalue weighted by atomic mass is 9.99. The number of nitrogens with zero attached hydrogens (tertiary/aromatic N) is 9. The van der Waals surface area contributed by atoms with Crippen LogP contribution in [0, 0.1) is 22.7 Å². The largest absolute Gasteiger partial charge is 0.497 e. The number of hydrogen-bond acceptors (Lipinski definition) is 11. The standard InChI is InChI=1S/C31H31ClN10O4/c1-39(31(44)45)24-9-10-40(17-26(24)43)25-12-19(13-33)11-23(27(25)32)36-30-37-29(28-35-15-21(14-34)42(28)38-30)41(20-5-6-20)16-18-3-7-22(46-2)8-4-18/h3-4,7-8,11-12,15,20,24,26,43H,5-6,9-10,16-17H2,1-2H3,(H,36,38)(H,44,45)/t24-,26-/m1/s1. The molecule has 1 saturated carbocycles. The minimum atomic E-state index is -1.12. The van der Waals surface area contributed by atoms with Crippen molar-refractivity contribution < 1.29 is 19.7 Å². The smallest absolute Gasteiger partial charge is 0.407 e. The van der Waals surface area contributed by atoms with Crippen molar-refractivity contribution in [3.63, 3.8) is 0 Å². The monoisotopic (exact) mass is 642 g/mol. The fourth-order valence-electron chi connectivity index (χ4n) is 5.73. The number of aliphatic hydroxyl groups is 1. The van der Waals surface area contributed by atoms with Crippen molar-refractivity contribution in [3.05, 3.63) is 64.4 Å². The van der Waals surface area contributed by atoms with E-state index in [1.165, 1.54) is 17.8 Å². The Morgan fingerprint density at radius 3 is 2.59 bits per heavy atom. The summed E-state index contributed by atoms with van der Waals surface area (Å²) >= 11 is 6.92. The van der Waals surface area contributed by atoms with Gasteiger partial charge in [-0.15, -0.1) is 5.10 Å². The van der Waals surface area contributed by atoms with E-state index >= 15 is 0 Å². The molecule has 0 radical (unpaired) electrons. The quantitative estimate of drug-likeness (QED) is 0.239. The lowest BCUT2D eigenvalue weighted by Crippen LogP contribution is -2.54. The van der Waals surface area contributed by atoms with E-state index in [-0.39, 0.29) is 29.3 Å². The summed E-state index contributed by atoms with van der Waals surface area (Å²) in [5.41, 5.74) is 2.86. The first-order valence-electron chi connectivity index (χ1n) is 14.7. The summed E-state index contributed by atoms with van der Waals surface area (Å²) in [5.74, 6) is 1.44. The topological polar surface area (TPSA) is 179 Å². The number of fused-ring (bicyclic) bond motifs is 1. The molecule has 4 aromatic rings. The lowest BCUT2D eigenvalue weighted by molar-refractivity contribution is 0.0497. The van der Waals surface area contributed by atoms with Crippen molar-refractivity contribution >= 4 is 46.5 Å². The highest BCUT2D eigenvalue weighted by Gasteiger charge is 2.35. The number of β-amino-alcohol motifs (C(OH)–C–C–N with tert-alkyl or cyclic N) is 1. The number of rotatable bonds is 9. The Bertz CT molecular complexity index is 1860. The van der Waals surface area contributed by atoms with Gasteiger partial charge in [-0.3, -0.25) is 0 Å². The highest BCUT2D eigenvalue weighted by Crippen LogP contribution is 2.39. The molecule has 3 heterocycles. The van der Waals surface area contributed by atoms with Gasteiger partial charge in [0.15, 0.2) is 17.2 Å². The van der Waals surface area contributed by atoms with E-state index in [1.807, 2.05) is 29.2 Å². The Kier molecular flexibility index (Phi) is 8.41. The first kappa shape index (κ1) is 30.7. The lowest BCUT2D eigenvalue weighted by Gasteiger charge is -2.40. The highest BCUT2D eigenvalue weighted by molar-refractivity contribution is 6.36. The van der Waals surface area contributed by atoms with Crippen LogP contribution in [0.5, 0.6) is 5.75 Å². The molecule has 1 amide bonds. The summed E-state index contributed by atoms with van der Waals surface area (Å²) < 4.78 is 6.75. The molecular formula is C31H31ClN10O4. The molecule has 1 saturated heterocycles. The third kappa shape index (κ3) is 6.00. The van der Waals surface area contributed by atoms with Gasteiger partial charge in [-0.25, -0.2) is 9.78 Å². The van der Waals surface area contributed by atoms with E-state index in [0.29, 0.717) is 47.9 Å². The van der Waals surface area contributed by atoms with Gasteiger partial charge in [0.2, 0.25) is 5.95 Å². The normalized spacial score (nSPS) is 17.7. The summed E-state index contributed by atoms with van der Waals surface area (Å²) in [4.78, 5) is 25.9. The van der Waals surface area contributed by atoms with Crippen molar-refractivity contribution in [2.75, 3.05) is 42.4 Å². The van der Waals surface area contributed by atoms with Crippen LogP contribution in [0.1, 0.15) is 36.1 Å². The Balaban J connectivity index is 1.35. The number of nitrogens with one attached hydrogen (secondary N) is 1.